The van der Waals surface area contributed by atoms with Gasteiger partial charge in [-0.05, 0) is 37.3 Å². The fourth-order valence-electron chi connectivity index (χ4n) is 3.55. The maximum absolute atomic E-state index is 13.3. The number of carbonyl (C=O) groups is 3. The number of anilines is 1. The Labute approximate surface area is 190 Å². The number of rotatable bonds is 5. The van der Waals surface area contributed by atoms with Gasteiger partial charge < -0.3 is 5.32 Å². The fourth-order valence-corrected chi connectivity index (χ4v) is 4.62. The number of hydrogen-bond acceptors (Lipinski definition) is 5. The molecule has 1 aromatic heterocycles. The Hall–Kier alpha value is -4.11. The van der Waals surface area contributed by atoms with Gasteiger partial charge in [-0.25, -0.2) is 8.42 Å². The van der Waals surface area contributed by atoms with Gasteiger partial charge in [-0.2, -0.15) is 4.57 Å². The number of allylic oxidation sites excluding steroid dienone is 2. The minimum atomic E-state index is -4.22. The van der Waals surface area contributed by atoms with E-state index >= 15 is 0 Å². The summed E-state index contributed by atoms with van der Waals surface area (Å²) in [4.78, 5) is 37.7. The average molecular weight is 463 g/mol. The van der Waals surface area contributed by atoms with Crippen molar-refractivity contribution in [2.24, 2.45) is 0 Å². The maximum Gasteiger partial charge on any atom is 0.287 e. The van der Waals surface area contributed by atoms with E-state index in [1.54, 1.807) is 30.6 Å². The molecule has 0 spiro atoms. The molecular formula is C24H20N3O5S+. The zero-order valence-corrected chi connectivity index (χ0v) is 18.6. The number of aryl methyl sites for hydroxylation is 1. The molecule has 0 fully saturated rings. The number of Topliss-reactive ketones (excluding diaryl/α,β-unsaturated/α-hetero) is 2. The summed E-state index contributed by atoms with van der Waals surface area (Å²) in [5, 5.41) is 2.56. The van der Waals surface area contributed by atoms with Crippen molar-refractivity contribution >= 4 is 38.9 Å². The van der Waals surface area contributed by atoms with E-state index in [1.807, 2.05) is 13.0 Å². The van der Waals surface area contributed by atoms with Crippen LogP contribution < -0.4 is 14.6 Å². The highest BCUT2D eigenvalue weighted by Crippen LogP contribution is 2.26. The lowest BCUT2D eigenvalue weighted by atomic mass is 9.90. The molecule has 1 heterocycles. The topological polar surface area (TPSA) is 113 Å². The standard InChI is InChI=1S/C24H19N3O5S/c1-15-6-5-13-27(14-15)22-21(23(29)19-7-3-4-8-20(19)24(22)30)26-33(31,32)18-11-9-17(10-12-18)25-16(2)28/h3-14H,1-2H3,(H-,25,26,28,30)/p+1. The highest BCUT2D eigenvalue weighted by atomic mass is 32.2. The molecule has 9 heteroatoms. The minimum Gasteiger partial charge on any atom is -0.326 e. The molecule has 1 aliphatic carbocycles. The van der Waals surface area contributed by atoms with Crippen molar-refractivity contribution in [3.05, 3.63) is 95.4 Å². The van der Waals surface area contributed by atoms with Crippen molar-refractivity contribution in [2.45, 2.75) is 18.7 Å². The Kier molecular flexibility index (Phi) is 5.65. The lowest BCUT2D eigenvalue weighted by Gasteiger charge is -2.18. The fraction of sp³-hybridized carbons (Fsp3) is 0.0833. The van der Waals surface area contributed by atoms with Gasteiger partial charge in [0.05, 0.1) is 4.90 Å². The van der Waals surface area contributed by atoms with Crippen LogP contribution in [-0.2, 0) is 14.8 Å². The molecule has 4 rings (SSSR count). The number of nitrogens with zero attached hydrogens (tertiary/aromatic N) is 1. The van der Waals surface area contributed by atoms with Crippen LogP contribution in [0.4, 0.5) is 5.69 Å². The molecule has 0 aliphatic heterocycles. The first-order valence-electron chi connectivity index (χ1n) is 9.99. The van der Waals surface area contributed by atoms with E-state index in [-0.39, 0.29) is 33.3 Å². The van der Waals surface area contributed by atoms with E-state index in [0.29, 0.717) is 5.69 Å². The Morgan fingerprint density at radius 2 is 1.52 bits per heavy atom. The Balaban J connectivity index is 1.83. The van der Waals surface area contributed by atoms with Crippen LogP contribution in [0.2, 0.25) is 0 Å². The van der Waals surface area contributed by atoms with E-state index in [2.05, 4.69) is 10.0 Å². The van der Waals surface area contributed by atoms with Crippen LogP contribution in [0, 0.1) is 6.92 Å². The summed E-state index contributed by atoms with van der Waals surface area (Å²) in [5.41, 5.74) is 1.16. The van der Waals surface area contributed by atoms with Crippen LogP contribution in [0.15, 0.2) is 83.6 Å². The number of amides is 1. The summed E-state index contributed by atoms with van der Waals surface area (Å²) in [5.74, 6) is -1.37. The first-order valence-corrected chi connectivity index (χ1v) is 11.5. The van der Waals surface area contributed by atoms with Gasteiger partial charge in [-0.3, -0.25) is 19.1 Å². The zero-order valence-electron chi connectivity index (χ0n) is 17.8. The van der Waals surface area contributed by atoms with E-state index in [4.69, 9.17) is 0 Å². The van der Waals surface area contributed by atoms with Gasteiger partial charge in [0.2, 0.25) is 11.7 Å². The third-order valence-electron chi connectivity index (χ3n) is 5.02. The van der Waals surface area contributed by atoms with Gasteiger partial charge in [0.1, 0.15) is 0 Å². The number of hydrogen-bond donors (Lipinski definition) is 2. The molecule has 3 aromatic rings. The van der Waals surface area contributed by atoms with E-state index in [9.17, 15) is 22.8 Å². The third kappa shape index (κ3) is 4.31. The number of fused-ring (bicyclic) bond motifs is 1. The molecule has 33 heavy (non-hydrogen) atoms. The van der Waals surface area contributed by atoms with Gasteiger partial charge >= 0.3 is 0 Å². The molecule has 0 saturated heterocycles. The van der Waals surface area contributed by atoms with Crippen LogP contribution >= 0.6 is 0 Å². The smallest absolute Gasteiger partial charge is 0.287 e. The van der Waals surface area contributed by atoms with Gasteiger partial charge in [0, 0.05) is 35.4 Å². The monoisotopic (exact) mass is 462 g/mol. The number of ketones is 2. The molecule has 1 amide bonds. The van der Waals surface area contributed by atoms with E-state index in [1.165, 1.54) is 47.9 Å². The van der Waals surface area contributed by atoms with Gasteiger partial charge in [-0.15, -0.1) is 0 Å². The van der Waals surface area contributed by atoms with Crippen molar-refractivity contribution in [3.63, 3.8) is 0 Å². The predicted octanol–water partition coefficient (Wildman–Crippen LogP) is 2.47. The Bertz CT molecular complexity index is 1440. The molecule has 0 unspecified atom stereocenters. The largest absolute Gasteiger partial charge is 0.326 e. The molecule has 0 atom stereocenters. The molecule has 0 radical (unpaired) electrons. The first kappa shape index (κ1) is 22.1. The van der Waals surface area contributed by atoms with Gasteiger partial charge in [0.15, 0.2) is 18.1 Å². The molecule has 2 aromatic carbocycles. The van der Waals surface area contributed by atoms with E-state index in [0.717, 1.165) is 5.56 Å². The molecule has 2 N–H and O–H groups in total. The summed E-state index contributed by atoms with van der Waals surface area (Å²) < 4.78 is 30.1. The second-order valence-corrected chi connectivity index (χ2v) is 9.21. The second-order valence-electron chi connectivity index (χ2n) is 7.53. The summed E-state index contributed by atoms with van der Waals surface area (Å²) in [6.45, 7) is 3.16. The van der Waals surface area contributed by atoms with Crippen molar-refractivity contribution in [1.82, 2.24) is 4.72 Å². The van der Waals surface area contributed by atoms with Crippen LogP contribution in [0.5, 0.6) is 0 Å². The van der Waals surface area contributed by atoms with Crippen LogP contribution in [0.3, 0.4) is 0 Å². The highest BCUT2D eigenvalue weighted by molar-refractivity contribution is 7.89. The van der Waals surface area contributed by atoms with Crippen LogP contribution in [0.25, 0.3) is 5.70 Å². The minimum absolute atomic E-state index is 0.0826. The molecular weight excluding hydrogens is 442 g/mol. The Morgan fingerprint density at radius 1 is 0.879 bits per heavy atom. The summed E-state index contributed by atoms with van der Waals surface area (Å²) in [6.07, 6.45) is 3.23. The number of benzene rings is 2. The SMILES string of the molecule is CC(=O)Nc1ccc(S(=O)(=O)NC2=C([n+]3cccc(C)c3)C(=O)c3ccccc3C2=O)cc1. The van der Waals surface area contributed by atoms with Crippen molar-refractivity contribution < 1.29 is 27.4 Å². The molecule has 166 valence electrons. The number of pyridine rings is 1. The van der Waals surface area contributed by atoms with Gasteiger partial charge in [0.25, 0.3) is 21.5 Å². The summed E-state index contributed by atoms with van der Waals surface area (Å²) >= 11 is 0. The van der Waals surface area contributed by atoms with Crippen molar-refractivity contribution in [2.75, 3.05) is 5.32 Å². The number of sulfonamides is 1. The molecule has 1 aliphatic rings. The van der Waals surface area contributed by atoms with Gasteiger partial charge in [-0.1, -0.05) is 24.3 Å². The lowest BCUT2D eigenvalue weighted by molar-refractivity contribution is -0.577. The molecule has 8 nitrogen and oxygen atoms in total. The van der Waals surface area contributed by atoms with Crippen LogP contribution in [-0.4, -0.2) is 25.9 Å². The summed E-state index contributed by atoms with van der Waals surface area (Å²) in [6, 6.07) is 15.3. The van der Waals surface area contributed by atoms with Crippen molar-refractivity contribution in [3.8, 4) is 0 Å². The average Bonchev–Trinajstić information content (AvgIpc) is 2.77. The second kappa shape index (κ2) is 8.44. The number of aromatic nitrogens is 1. The molecule has 0 bridgehead atoms. The zero-order chi connectivity index (χ0) is 23.8. The summed E-state index contributed by atoms with van der Waals surface area (Å²) in [7, 11) is -4.22. The Morgan fingerprint density at radius 3 is 2.12 bits per heavy atom. The highest BCUT2D eigenvalue weighted by Gasteiger charge is 2.40. The van der Waals surface area contributed by atoms with Crippen LogP contribution in [0.1, 0.15) is 33.2 Å². The van der Waals surface area contributed by atoms with E-state index < -0.39 is 21.6 Å². The third-order valence-corrected chi connectivity index (χ3v) is 6.39. The number of nitrogens with one attached hydrogen (secondary N) is 2. The lowest BCUT2D eigenvalue weighted by Crippen LogP contribution is -2.44. The normalized spacial score (nSPS) is 13.5. The molecule has 0 saturated carbocycles. The quantitative estimate of drug-likeness (QED) is 0.566. The maximum atomic E-state index is 13.3. The first-order chi connectivity index (χ1) is 15.7. The number of carbonyl (C=O) groups excluding carboxylic acids is 3. The predicted molar refractivity (Wildman–Crippen MR) is 121 cm³/mol. The van der Waals surface area contributed by atoms with Crippen molar-refractivity contribution in [1.29, 1.82) is 0 Å².